The molecule has 0 bridgehead atoms. The van der Waals surface area contributed by atoms with Gasteiger partial charge in [-0.05, 0) is 38.8 Å². The standard InChI is InChI=1S/C16H19F2N3/c1-5-8-19-16-15(20-10(3)11(4)21-16)12-7-6-9(2)13(17)14(12)18/h6-7H,5,8H2,1-4H3,(H,19,21). The van der Waals surface area contributed by atoms with Crippen molar-refractivity contribution >= 4 is 5.82 Å². The van der Waals surface area contributed by atoms with E-state index in [1.54, 1.807) is 19.1 Å². The van der Waals surface area contributed by atoms with Gasteiger partial charge in [-0.15, -0.1) is 0 Å². The number of hydrogen-bond acceptors (Lipinski definition) is 3. The van der Waals surface area contributed by atoms with E-state index in [2.05, 4.69) is 15.3 Å². The van der Waals surface area contributed by atoms with Gasteiger partial charge in [-0.3, -0.25) is 0 Å². The van der Waals surface area contributed by atoms with Gasteiger partial charge in [-0.1, -0.05) is 13.0 Å². The van der Waals surface area contributed by atoms with Crippen LogP contribution in [0.25, 0.3) is 11.3 Å². The molecule has 0 aliphatic carbocycles. The monoisotopic (exact) mass is 291 g/mol. The highest BCUT2D eigenvalue weighted by molar-refractivity contribution is 5.72. The zero-order valence-electron chi connectivity index (χ0n) is 12.7. The van der Waals surface area contributed by atoms with Crippen molar-refractivity contribution in [3.8, 4) is 11.3 Å². The summed E-state index contributed by atoms with van der Waals surface area (Å²) in [5.74, 6) is -1.23. The number of benzene rings is 1. The van der Waals surface area contributed by atoms with E-state index in [9.17, 15) is 8.78 Å². The summed E-state index contributed by atoms with van der Waals surface area (Å²) in [5, 5.41) is 3.13. The molecule has 0 spiro atoms. The number of rotatable bonds is 4. The molecule has 112 valence electrons. The van der Waals surface area contributed by atoms with Crippen LogP contribution in [0.15, 0.2) is 12.1 Å². The predicted octanol–water partition coefficient (Wildman–Crippen LogP) is 4.17. The summed E-state index contributed by atoms with van der Waals surface area (Å²) in [4.78, 5) is 8.81. The Kier molecular flexibility index (Phi) is 4.50. The van der Waals surface area contributed by atoms with Crippen LogP contribution in [0.3, 0.4) is 0 Å². The summed E-state index contributed by atoms with van der Waals surface area (Å²) < 4.78 is 28.0. The van der Waals surface area contributed by atoms with Crippen LogP contribution in [0, 0.1) is 32.4 Å². The first-order valence-electron chi connectivity index (χ1n) is 6.99. The second kappa shape index (κ2) is 6.16. The van der Waals surface area contributed by atoms with Gasteiger partial charge >= 0.3 is 0 Å². The smallest absolute Gasteiger partial charge is 0.168 e. The number of nitrogens with one attached hydrogen (secondary N) is 1. The fraction of sp³-hybridized carbons (Fsp3) is 0.375. The normalized spacial score (nSPS) is 10.8. The van der Waals surface area contributed by atoms with E-state index in [0.717, 1.165) is 12.1 Å². The molecule has 0 saturated heterocycles. The highest BCUT2D eigenvalue weighted by Gasteiger charge is 2.18. The summed E-state index contributed by atoms with van der Waals surface area (Å²) in [5.41, 5.74) is 2.23. The topological polar surface area (TPSA) is 37.8 Å². The van der Waals surface area contributed by atoms with Gasteiger partial charge in [0.2, 0.25) is 0 Å². The van der Waals surface area contributed by atoms with Crippen LogP contribution in [-0.2, 0) is 0 Å². The van der Waals surface area contributed by atoms with E-state index >= 15 is 0 Å². The Morgan fingerprint density at radius 1 is 1.00 bits per heavy atom. The highest BCUT2D eigenvalue weighted by Crippen LogP contribution is 2.30. The summed E-state index contributed by atoms with van der Waals surface area (Å²) in [6, 6.07) is 3.10. The Morgan fingerprint density at radius 2 is 1.67 bits per heavy atom. The molecule has 1 aromatic carbocycles. The fourth-order valence-electron chi connectivity index (χ4n) is 1.99. The number of aromatic nitrogens is 2. The number of nitrogens with zero attached hydrogens (tertiary/aromatic N) is 2. The maximum Gasteiger partial charge on any atom is 0.168 e. The molecule has 21 heavy (non-hydrogen) atoms. The zero-order chi connectivity index (χ0) is 15.6. The van der Waals surface area contributed by atoms with Gasteiger partial charge in [0, 0.05) is 12.1 Å². The van der Waals surface area contributed by atoms with Crippen LogP contribution in [-0.4, -0.2) is 16.5 Å². The molecule has 5 heteroatoms. The van der Waals surface area contributed by atoms with E-state index < -0.39 is 11.6 Å². The van der Waals surface area contributed by atoms with E-state index in [1.165, 1.54) is 6.92 Å². The molecule has 2 rings (SSSR count). The molecule has 0 fully saturated rings. The minimum Gasteiger partial charge on any atom is -0.368 e. The third kappa shape index (κ3) is 3.01. The van der Waals surface area contributed by atoms with E-state index in [4.69, 9.17) is 0 Å². The molecule has 0 aliphatic rings. The van der Waals surface area contributed by atoms with Crippen LogP contribution in [0.1, 0.15) is 30.3 Å². The largest absolute Gasteiger partial charge is 0.368 e. The van der Waals surface area contributed by atoms with Gasteiger partial charge in [0.1, 0.15) is 5.69 Å². The number of aryl methyl sites for hydroxylation is 3. The Morgan fingerprint density at radius 3 is 2.33 bits per heavy atom. The average Bonchev–Trinajstić information content (AvgIpc) is 2.46. The lowest BCUT2D eigenvalue weighted by molar-refractivity contribution is 0.505. The number of halogens is 2. The van der Waals surface area contributed by atoms with Crippen LogP contribution in [0.5, 0.6) is 0 Å². The van der Waals surface area contributed by atoms with Crippen LogP contribution >= 0.6 is 0 Å². The molecule has 1 aromatic heterocycles. The average molecular weight is 291 g/mol. The molecule has 1 N–H and O–H groups in total. The second-order valence-corrected chi connectivity index (χ2v) is 5.08. The minimum absolute atomic E-state index is 0.132. The predicted molar refractivity (Wildman–Crippen MR) is 80.4 cm³/mol. The van der Waals surface area contributed by atoms with Crippen molar-refractivity contribution < 1.29 is 8.78 Å². The number of anilines is 1. The molecule has 1 heterocycles. The van der Waals surface area contributed by atoms with Crippen molar-refractivity contribution in [2.75, 3.05) is 11.9 Å². The Balaban J connectivity index is 2.62. The van der Waals surface area contributed by atoms with Crippen LogP contribution in [0.4, 0.5) is 14.6 Å². The molecular weight excluding hydrogens is 272 g/mol. The first kappa shape index (κ1) is 15.4. The summed E-state index contributed by atoms with van der Waals surface area (Å²) >= 11 is 0. The first-order chi connectivity index (χ1) is 9.95. The van der Waals surface area contributed by atoms with Gasteiger partial charge in [0.05, 0.1) is 11.4 Å². The fourth-order valence-corrected chi connectivity index (χ4v) is 1.99. The maximum atomic E-state index is 14.2. The third-order valence-corrected chi connectivity index (χ3v) is 3.38. The molecule has 0 amide bonds. The molecule has 0 saturated carbocycles. The lowest BCUT2D eigenvalue weighted by Crippen LogP contribution is -2.08. The van der Waals surface area contributed by atoms with Crippen molar-refractivity contribution in [2.45, 2.75) is 34.1 Å². The quantitative estimate of drug-likeness (QED) is 0.918. The molecule has 0 radical (unpaired) electrons. The molecule has 3 nitrogen and oxygen atoms in total. The lowest BCUT2D eigenvalue weighted by atomic mass is 10.1. The second-order valence-electron chi connectivity index (χ2n) is 5.08. The van der Waals surface area contributed by atoms with E-state index in [-0.39, 0.29) is 11.1 Å². The Labute approximate surface area is 123 Å². The number of hydrogen-bond donors (Lipinski definition) is 1. The SMILES string of the molecule is CCCNc1nc(C)c(C)nc1-c1ccc(C)c(F)c1F. The van der Waals surface area contributed by atoms with Gasteiger partial charge in [-0.2, -0.15) is 0 Å². The highest BCUT2D eigenvalue weighted by atomic mass is 19.2. The molecule has 0 unspecified atom stereocenters. The molecule has 0 atom stereocenters. The van der Waals surface area contributed by atoms with E-state index in [1.807, 2.05) is 13.8 Å². The van der Waals surface area contributed by atoms with Crippen LogP contribution < -0.4 is 5.32 Å². The molecule has 0 aliphatic heterocycles. The Hall–Kier alpha value is -2.04. The summed E-state index contributed by atoms with van der Waals surface area (Å²) in [6.45, 7) is 7.89. The Bertz CT molecular complexity index is 669. The minimum atomic E-state index is -0.882. The lowest BCUT2D eigenvalue weighted by Gasteiger charge is -2.13. The zero-order valence-corrected chi connectivity index (χ0v) is 12.7. The first-order valence-corrected chi connectivity index (χ1v) is 6.99. The van der Waals surface area contributed by atoms with Gasteiger partial charge < -0.3 is 5.32 Å². The molecule has 2 aromatic rings. The third-order valence-electron chi connectivity index (χ3n) is 3.38. The van der Waals surface area contributed by atoms with Gasteiger partial charge in [-0.25, -0.2) is 18.7 Å². The summed E-state index contributed by atoms with van der Waals surface area (Å²) in [6.07, 6.45) is 0.902. The molecular formula is C16H19F2N3. The van der Waals surface area contributed by atoms with Crippen molar-refractivity contribution in [1.82, 2.24) is 9.97 Å². The van der Waals surface area contributed by atoms with Crippen molar-refractivity contribution in [3.63, 3.8) is 0 Å². The van der Waals surface area contributed by atoms with Gasteiger partial charge in [0.25, 0.3) is 0 Å². The van der Waals surface area contributed by atoms with E-state index in [0.29, 0.717) is 23.8 Å². The van der Waals surface area contributed by atoms with Crippen molar-refractivity contribution in [1.29, 1.82) is 0 Å². The summed E-state index contributed by atoms with van der Waals surface area (Å²) in [7, 11) is 0. The van der Waals surface area contributed by atoms with Crippen molar-refractivity contribution in [2.24, 2.45) is 0 Å². The maximum absolute atomic E-state index is 14.2. The van der Waals surface area contributed by atoms with Crippen LogP contribution in [0.2, 0.25) is 0 Å². The van der Waals surface area contributed by atoms with Crippen molar-refractivity contribution in [3.05, 3.63) is 40.7 Å². The van der Waals surface area contributed by atoms with Gasteiger partial charge in [0.15, 0.2) is 17.5 Å².